The lowest BCUT2D eigenvalue weighted by molar-refractivity contribution is 0.0714. The van der Waals surface area contributed by atoms with E-state index < -0.39 is 0 Å². The summed E-state index contributed by atoms with van der Waals surface area (Å²) in [6, 6.07) is 3.32. The molecule has 0 radical (unpaired) electrons. The van der Waals surface area contributed by atoms with Gasteiger partial charge in [0.2, 0.25) is 0 Å². The molecule has 3 rings (SSSR count). The van der Waals surface area contributed by atoms with Gasteiger partial charge in [-0.15, -0.1) is 0 Å². The fourth-order valence-electron chi connectivity index (χ4n) is 2.55. The number of nitrogens with zero attached hydrogens (tertiary/aromatic N) is 3. The normalized spacial score (nSPS) is 18.2. The summed E-state index contributed by atoms with van der Waals surface area (Å²) in [5.74, 6) is 0.587. The first-order valence-corrected chi connectivity index (χ1v) is 7.37. The summed E-state index contributed by atoms with van der Waals surface area (Å²) in [5, 5.41) is 4.35. The van der Waals surface area contributed by atoms with Gasteiger partial charge < -0.3 is 9.42 Å². The zero-order valence-corrected chi connectivity index (χ0v) is 12.9. The van der Waals surface area contributed by atoms with Crippen LogP contribution in [-0.2, 0) is 0 Å². The Morgan fingerprint density at radius 2 is 2.24 bits per heavy atom. The third-order valence-electron chi connectivity index (χ3n) is 3.53. The van der Waals surface area contributed by atoms with Gasteiger partial charge in [0.25, 0.3) is 5.91 Å². The summed E-state index contributed by atoms with van der Waals surface area (Å²) in [6.07, 6.45) is 3.22. The zero-order valence-electron chi connectivity index (χ0n) is 11.3. The highest BCUT2D eigenvalue weighted by Crippen LogP contribution is 2.33. The molecule has 0 spiro atoms. The quantitative estimate of drug-likeness (QED) is 0.790. The van der Waals surface area contributed by atoms with Crippen LogP contribution in [0.3, 0.4) is 0 Å². The number of halogens is 2. The van der Waals surface area contributed by atoms with Gasteiger partial charge in [-0.2, -0.15) is 0 Å². The Morgan fingerprint density at radius 1 is 1.43 bits per heavy atom. The van der Waals surface area contributed by atoms with E-state index in [1.165, 1.54) is 6.20 Å². The lowest BCUT2D eigenvalue weighted by Crippen LogP contribution is -2.30. The molecule has 1 fully saturated rings. The van der Waals surface area contributed by atoms with Crippen LogP contribution in [0, 0.1) is 6.92 Å². The number of amides is 1. The number of aromatic nitrogens is 2. The number of carbonyl (C=O) groups excluding carboxylic acids is 1. The number of rotatable bonds is 2. The molecular formula is C14H13Cl2N3O2. The smallest absolute Gasteiger partial charge is 0.256 e. The first-order chi connectivity index (χ1) is 10.1. The van der Waals surface area contributed by atoms with Crippen LogP contribution in [0.15, 0.2) is 22.9 Å². The van der Waals surface area contributed by atoms with Crippen molar-refractivity contribution in [3.8, 4) is 0 Å². The second kappa shape index (κ2) is 5.66. The highest BCUT2D eigenvalue weighted by atomic mass is 35.5. The summed E-state index contributed by atoms with van der Waals surface area (Å²) in [6.45, 7) is 2.53. The van der Waals surface area contributed by atoms with E-state index in [9.17, 15) is 4.79 Å². The number of aryl methyl sites for hydroxylation is 1. The largest absolute Gasteiger partial charge is 0.359 e. The van der Waals surface area contributed by atoms with Crippen molar-refractivity contribution in [3.05, 3.63) is 45.5 Å². The predicted octanol–water partition coefficient (Wildman–Crippen LogP) is 3.66. The Hall–Kier alpha value is -1.59. The van der Waals surface area contributed by atoms with Crippen molar-refractivity contribution in [2.75, 3.05) is 6.54 Å². The van der Waals surface area contributed by atoms with Crippen LogP contribution < -0.4 is 0 Å². The molecule has 0 saturated carbocycles. The highest BCUT2D eigenvalue weighted by Gasteiger charge is 2.33. The molecule has 0 N–H and O–H groups in total. The zero-order chi connectivity index (χ0) is 15.0. The first-order valence-electron chi connectivity index (χ1n) is 6.61. The molecule has 0 aromatic carbocycles. The molecule has 1 unspecified atom stereocenters. The molecule has 7 heteroatoms. The van der Waals surface area contributed by atoms with Crippen LogP contribution in [0.5, 0.6) is 0 Å². The Labute approximate surface area is 131 Å². The van der Waals surface area contributed by atoms with E-state index >= 15 is 0 Å². The van der Waals surface area contributed by atoms with Crippen molar-refractivity contribution in [1.82, 2.24) is 15.0 Å². The highest BCUT2D eigenvalue weighted by molar-refractivity contribution is 6.41. The molecule has 1 amide bonds. The lowest BCUT2D eigenvalue weighted by Gasteiger charge is -2.22. The third kappa shape index (κ3) is 2.76. The minimum absolute atomic E-state index is 0.0897. The topological polar surface area (TPSA) is 59.2 Å². The standard InChI is InChI=1S/C14H13Cl2N3O2/c1-8-5-12(21-18-8)11-3-2-4-19(11)14(20)9-6-10(15)13(16)17-7-9/h5-7,11H,2-4H2,1H3. The van der Waals surface area contributed by atoms with Gasteiger partial charge in [0.15, 0.2) is 5.76 Å². The summed E-state index contributed by atoms with van der Waals surface area (Å²) >= 11 is 11.7. The molecule has 0 bridgehead atoms. The fraction of sp³-hybridized carbons (Fsp3) is 0.357. The minimum Gasteiger partial charge on any atom is -0.359 e. The minimum atomic E-state index is -0.127. The number of carbonyl (C=O) groups is 1. The van der Waals surface area contributed by atoms with E-state index in [4.69, 9.17) is 27.7 Å². The number of hydrogen-bond acceptors (Lipinski definition) is 4. The molecule has 1 saturated heterocycles. The molecular weight excluding hydrogens is 313 g/mol. The van der Waals surface area contributed by atoms with Crippen LogP contribution in [0.25, 0.3) is 0 Å². The molecule has 0 aliphatic carbocycles. The summed E-state index contributed by atoms with van der Waals surface area (Å²) in [5.41, 5.74) is 1.23. The van der Waals surface area contributed by atoms with Crippen LogP contribution >= 0.6 is 23.2 Å². The van der Waals surface area contributed by atoms with Gasteiger partial charge in [0.1, 0.15) is 5.15 Å². The van der Waals surface area contributed by atoms with Crippen molar-refractivity contribution in [1.29, 1.82) is 0 Å². The monoisotopic (exact) mass is 325 g/mol. The maximum atomic E-state index is 12.6. The van der Waals surface area contributed by atoms with Crippen LogP contribution in [-0.4, -0.2) is 27.5 Å². The van der Waals surface area contributed by atoms with E-state index in [1.54, 1.807) is 11.0 Å². The van der Waals surface area contributed by atoms with E-state index in [0.29, 0.717) is 17.9 Å². The molecule has 5 nitrogen and oxygen atoms in total. The van der Waals surface area contributed by atoms with Crippen LogP contribution in [0.1, 0.15) is 40.7 Å². The van der Waals surface area contributed by atoms with Crippen molar-refractivity contribution in [3.63, 3.8) is 0 Å². The number of pyridine rings is 1. The van der Waals surface area contributed by atoms with Crippen molar-refractivity contribution < 1.29 is 9.32 Å². The number of likely N-dealkylation sites (tertiary alicyclic amines) is 1. The van der Waals surface area contributed by atoms with Gasteiger partial charge in [0.05, 0.1) is 22.3 Å². The maximum Gasteiger partial charge on any atom is 0.256 e. The summed E-state index contributed by atoms with van der Waals surface area (Å²) in [7, 11) is 0. The summed E-state index contributed by atoms with van der Waals surface area (Å²) < 4.78 is 5.30. The molecule has 3 heterocycles. The van der Waals surface area contributed by atoms with E-state index in [2.05, 4.69) is 10.1 Å². The lowest BCUT2D eigenvalue weighted by atomic mass is 10.1. The molecule has 1 atom stereocenters. The fourth-order valence-corrected chi connectivity index (χ4v) is 2.82. The van der Waals surface area contributed by atoms with Crippen molar-refractivity contribution >= 4 is 29.1 Å². The van der Waals surface area contributed by atoms with Gasteiger partial charge in [-0.1, -0.05) is 28.4 Å². The van der Waals surface area contributed by atoms with E-state index in [-0.39, 0.29) is 22.1 Å². The van der Waals surface area contributed by atoms with Gasteiger partial charge in [0, 0.05) is 18.8 Å². The average Bonchev–Trinajstić information content (AvgIpc) is 3.09. The SMILES string of the molecule is Cc1cc(C2CCCN2C(=O)c2cnc(Cl)c(Cl)c2)on1. The molecule has 110 valence electrons. The van der Waals surface area contributed by atoms with Crippen molar-refractivity contribution in [2.24, 2.45) is 0 Å². The molecule has 1 aliphatic rings. The Bertz CT molecular complexity index is 687. The maximum absolute atomic E-state index is 12.6. The van der Waals surface area contributed by atoms with Gasteiger partial charge in [-0.25, -0.2) is 4.98 Å². The van der Waals surface area contributed by atoms with E-state index in [0.717, 1.165) is 18.5 Å². The Kier molecular flexibility index (Phi) is 3.87. The molecule has 21 heavy (non-hydrogen) atoms. The van der Waals surface area contributed by atoms with Crippen LogP contribution in [0.2, 0.25) is 10.2 Å². The van der Waals surface area contributed by atoms with Gasteiger partial charge in [-0.3, -0.25) is 4.79 Å². The van der Waals surface area contributed by atoms with Crippen molar-refractivity contribution in [2.45, 2.75) is 25.8 Å². The summed E-state index contributed by atoms with van der Waals surface area (Å²) in [4.78, 5) is 18.3. The van der Waals surface area contributed by atoms with Crippen LogP contribution in [0.4, 0.5) is 0 Å². The first kappa shape index (κ1) is 14.4. The molecule has 1 aliphatic heterocycles. The van der Waals surface area contributed by atoms with Gasteiger partial charge in [-0.05, 0) is 25.8 Å². The molecule has 2 aromatic heterocycles. The Morgan fingerprint density at radius 3 is 2.90 bits per heavy atom. The van der Waals surface area contributed by atoms with E-state index in [1.807, 2.05) is 13.0 Å². The average molecular weight is 326 g/mol. The molecule has 2 aromatic rings. The second-order valence-electron chi connectivity index (χ2n) is 5.02. The number of hydrogen-bond donors (Lipinski definition) is 0. The predicted molar refractivity (Wildman–Crippen MR) is 78.5 cm³/mol. The second-order valence-corrected chi connectivity index (χ2v) is 5.79. The third-order valence-corrected chi connectivity index (χ3v) is 4.22. The Balaban J connectivity index is 1.87. The van der Waals surface area contributed by atoms with Gasteiger partial charge >= 0.3 is 0 Å².